The molecule has 1 N–H and O–H groups in total. The van der Waals surface area contributed by atoms with Gasteiger partial charge in [0.05, 0.1) is 6.20 Å². The summed E-state index contributed by atoms with van der Waals surface area (Å²) < 4.78 is 1.47. The van der Waals surface area contributed by atoms with Crippen molar-refractivity contribution in [3.8, 4) is 18.0 Å². The third-order valence-electron chi connectivity index (χ3n) is 2.70. The predicted molar refractivity (Wildman–Crippen MR) is 81.4 cm³/mol. The van der Waals surface area contributed by atoms with E-state index in [0.717, 1.165) is 12.1 Å². The minimum atomic E-state index is -0.235. The molecule has 0 amide bonds. The van der Waals surface area contributed by atoms with E-state index in [1.54, 1.807) is 0 Å². The molecule has 5 heteroatoms. The number of unbranched alkanes of at least 4 members (excludes halogenated alkanes) is 1. The Morgan fingerprint density at radius 3 is 2.80 bits per heavy atom. The van der Waals surface area contributed by atoms with Crippen molar-refractivity contribution < 1.29 is 0 Å². The molecule has 0 saturated heterocycles. The molecular formula is C15H14ClN3O. The van der Waals surface area contributed by atoms with Crippen molar-refractivity contribution in [2.45, 2.75) is 12.8 Å². The highest BCUT2D eigenvalue weighted by atomic mass is 35.5. The maximum absolute atomic E-state index is 12.3. The van der Waals surface area contributed by atoms with Crippen molar-refractivity contribution in [3.05, 3.63) is 52.0 Å². The van der Waals surface area contributed by atoms with Crippen LogP contribution < -0.4 is 10.9 Å². The number of para-hydroxylation sites is 1. The topological polar surface area (TPSA) is 46.9 Å². The van der Waals surface area contributed by atoms with Crippen molar-refractivity contribution in [3.63, 3.8) is 0 Å². The minimum absolute atomic E-state index is 0.235. The Balaban J connectivity index is 2.29. The predicted octanol–water partition coefficient (Wildman–Crippen LogP) is 2.71. The second-order valence-corrected chi connectivity index (χ2v) is 4.54. The molecule has 4 nitrogen and oxygen atoms in total. The highest BCUT2D eigenvalue weighted by Gasteiger charge is 2.08. The van der Waals surface area contributed by atoms with E-state index in [-0.39, 0.29) is 16.5 Å². The molecule has 0 atom stereocenters. The van der Waals surface area contributed by atoms with Crippen LogP contribution in [-0.2, 0) is 0 Å². The summed E-state index contributed by atoms with van der Waals surface area (Å²) >= 11 is 5.97. The molecule has 102 valence electrons. The molecule has 0 bridgehead atoms. The van der Waals surface area contributed by atoms with Crippen molar-refractivity contribution in [1.29, 1.82) is 0 Å². The zero-order valence-electron chi connectivity index (χ0n) is 10.8. The fourth-order valence-electron chi connectivity index (χ4n) is 1.76. The first-order valence-corrected chi connectivity index (χ1v) is 6.62. The molecule has 0 fully saturated rings. The highest BCUT2D eigenvalue weighted by Crippen LogP contribution is 2.10. The number of nitrogens with zero attached hydrogens (tertiary/aromatic N) is 2. The maximum atomic E-state index is 12.3. The molecule has 20 heavy (non-hydrogen) atoms. The van der Waals surface area contributed by atoms with Crippen LogP contribution >= 0.6 is 11.6 Å². The van der Waals surface area contributed by atoms with E-state index < -0.39 is 0 Å². The van der Waals surface area contributed by atoms with Gasteiger partial charge in [-0.2, -0.15) is 0 Å². The number of terminal acetylenes is 1. The van der Waals surface area contributed by atoms with Crippen molar-refractivity contribution in [1.82, 2.24) is 9.55 Å². The smallest absolute Gasteiger partial charge is 0.297 e. The Morgan fingerprint density at radius 2 is 2.10 bits per heavy atom. The Labute approximate surface area is 122 Å². The van der Waals surface area contributed by atoms with Crippen LogP contribution in [0.15, 0.2) is 41.3 Å². The Kier molecular flexibility index (Phi) is 4.80. The summed E-state index contributed by atoms with van der Waals surface area (Å²) in [6.07, 6.45) is 8.11. The molecule has 0 aliphatic carbocycles. The van der Waals surface area contributed by atoms with Crippen LogP contribution in [0, 0.1) is 12.3 Å². The largest absolute Gasteiger partial charge is 0.365 e. The molecule has 0 unspecified atom stereocenters. The third-order valence-corrected chi connectivity index (χ3v) is 2.88. The van der Waals surface area contributed by atoms with Crippen LogP contribution in [-0.4, -0.2) is 16.1 Å². The Morgan fingerprint density at radius 1 is 1.35 bits per heavy atom. The zero-order valence-corrected chi connectivity index (χ0v) is 11.6. The first kappa shape index (κ1) is 14.2. The number of aromatic nitrogens is 2. The molecule has 0 radical (unpaired) electrons. The van der Waals surface area contributed by atoms with Gasteiger partial charge in [0, 0.05) is 18.7 Å². The average Bonchev–Trinajstić information content (AvgIpc) is 2.47. The van der Waals surface area contributed by atoms with E-state index >= 15 is 0 Å². The van der Waals surface area contributed by atoms with Gasteiger partial charge in [0.15, 0.2) is 5.82 Å². The van der Waals surface area contributed by atoms with E-state index in [0.29, 0.717) is 13.0 Å². The number of anilines is 1. The van der Waals surface area contributed by atoms with Crippen LogP contribution in [0.2, 0.25) is 5.15 Å². The number of halogens is 1. The zero-order chi connectivity index (χ0) is 14.4. The first-order chi connectivity index (χ1) is 9.72. The number of hydrogen-bond acceptors (Lipinski definition) is 3. The molecule has 0 saturated carbocycles. The fraction of sp³-hybridized carbons (Fsp3) is 0.200. The summed E-state index contributed by atoms with van der Waals surface area (Å²) in [5.74, 6) is 2.78. The molecular weight excluding hydrogens is 274 g/mol. The Bertz CT molecular complexity index is 674. The van der Waals surface area contributed by atoms with E-state index in [9.17, 15) is 4.79 Å². The average molecular weight is 288 g/mol. The van der Waals surface area contributed by atoms with Gasteiger partial charge in [0.2, 0.25) is 0 Å². The molecule has 0 spiro atoms. The lowest BCUT2D eigenvalue weighted by Gasteiger charge is -2.09. The quantitative estimate of drug-likeness (QED) is 0.679. The van der Waals surface area contributed by atoms with E-state index in [4.69, 9.17) is 18.0 Å². The van der Waals surface area contributed by atoms with Gasteiger partial charge in [0.1, 0.15) is 5.15 Å². The fourth-order valence-corrected chi connectivity index (χ4v) is 1.94. The van der Waals surface area contributed by atoms with Gasteiger partial charge in [-0.3, -0.25) is 9.36 Å². The van der Waals surface area contributed by atoms with Crippen molar-refractivity contribution in [2.75, 3.05) is 11.9 Å². The highest BCUT2D eigenvalue weighted by molar-refractivity contribution is 6.29. The van der Waals surface area contributed by atoms with E-state index in [1.165, 1.54) is 10.8 Å². The standard InChI is InChI=1S/C15H14ClN3O/c1-2-3-7-10-17-14-15(20)19(11-13(16)18-14)12-8-5-4-6-9-12/h1,4-6,8-9,11H,3,7,10H2,(H,17,18). The normalized spacial score (nSPS) is 10.0. The van der Waals surface area contributed by atoms with Crippen LogP contribution in [0.3, 0.4) is 0 Å². The van der Waals surface area contributed by atoms with Crippen molar-refractivity contribution >= 4 is 17.4 Å². The summed E-state index contributed by atoms with van der Waals surface area (Å²) in [5, 5.41) is 3.23. The lowest BCUT2D eigenvalue weighted by molar-refractivity contribution is 0.883. The molecule has 0 aliphatic rings. The monoisotopic (exact) mass is 287 g/mol. The molecule has 1 aromatic heterocycles. The van der Waals surface area contributed by atoms with Gasteiger partial charge >= 0.3 is 0 Å². The van der Waals surface area contributed by atoms with Crippen LogP contribution in [0.4, 0.5) is 5.82 Å². The number of rotatable bonds is 5. The summed E-state index contributed by atoms with van der Waals surface area (Å²) in [6.45, 7) is 0.585. The first-order valence-electron chi connectivity index (χ1n) is 6.24. The van der Waals surface area contributed by atoms with Gasteiger partial charge in [-0.1, -0.05) is 29.8 Å². The summed E-state index contributed by atoms with van der Waals surface area (Å²) in [6, 6.07) is 9.27. The second-order valence-electron chi connectivity index (χ2n) is 4.16. The maximum Gasteiger partial charge on any atom is 0.297 e. The minimum Gasteiger partial charge on any atom is -0.365 e. The van der Waals surface area contributed by atoms with E-state index in [2.05, 4.69) is 16.2 Å². The summed E-state index contributed by atoms with van der Waals surface area (Å²) in [4.78, 5) is 16.4. The van der Waals surface area contributed by atoms with Crippen LogP contribution in [0.5, 0.6) is 0 Å². The van der Waals surface area contributed by atoms with E-state index in [1.807, 2.05) is 30.3 Å². The van der Waals surface area contributed by atoms with Gasteiger partial charge in [-0.25, -0.2) is 4.98 Å². The second kappa shape index (κ2) is 6.78. The third kappa shape index (κ3) is 3.40. The number of nitrogens with one attached hydrogen (secondary N) is 1. The molecule has 1 aromatic carbocycles. The van der Waals surface area contributed by atoms with Gasteiger partial charge < -0.3 is 5.32 Å². The lowest BCUT2D eigenvalue weighted by atomic mass is 10.3. The van der Waals surface area contributed by atoms with Gasteiger partial charge in [0.25, 0.3) is 5.56 Å². The van der Waals surface area contributed by atoms with Gasteiger partial charge in [-0.15, -0.1) is 12.3 Å². The van der Waals surface area contributed by atoms with Crippen molar-refractivity contribution in [2.24, 2.45) is 0 Å². The summed E-state index contributed by atoms with van der Waals surface area (Å²) in [7, 11) is 0. The number of hydrogen-bond donors (Lipinski definition) is 1. The lowest BCUT2D eigenvalue weighted by Crippen LogP contribution is -2.24. The number of benzene rings is 1. The SMILES string of the molecule is C#CCCCNc1nc(Cl)cn(-c2ccccc2)c1=O. The van der Waals surface area contributed by atoms with Crippen LogP contribution in [0.1, 0.15) is 12.8 Å². The van der Waals surface area contributed by atoms with Gasteiger partial charge in [-0.05, 0) is 18.6 Å². The molecule has 1 heterocycles. The summed E-state index contributed by atoms with van der Waals surface area (Å²) in [5.41, 5.74) is 0.509. The van der Waals surface area contributed by atoms with Crippen LogP contribution in [0.25, 0.3) is 5.69 Å². The molecule has 2 aromatic rings. The Hall–Kier alpha value is -2.25. The molecule has 0 aliphatic heterocycles. The molecule has 2 rings (SSSR count).